The summed E-state index contributed by atoms with van der Waals surface area (Å²) in [7, 11) is 0. The zero-order chi connectivity index (χ0) is 52.7. The van der Waals surface area contributed by atoms with Crippen molar-refractivity contribution in [2.24, 2.45) is 0 Å². The molecule has 372 valence electrons. The van der Waals surface area contributed by atoms with E-state index in [1.54, 1.807) is 0 Å². The lowest BCUT2D eigenvalue weighted by molar-refractivity contribution is 0.487. The van der Waals surface area contributed by atoms with Crippen molar-refractivity contribution in [2.45, 2.75) is 62.3 Å². The fourth-order valence-electron chi connectivity index (χ4n) is 15.1. The second-order valence-electron chi connectivity index (χ2n) is 23.1. The van der Waals surface area contributed by atoms with Gasteiger partial charge in [0, 0.05) is 57.3 Å². The summed E-state index contributed by atoms with van der Waals surface area (Å²) in [5, 5.41) is 4.02. The van der Waals surface area contributed by atoms with Gasteiger partial charge < -0.3 is 29.5 Å². The average molecular weight is 1000 g/mol. The van der Waals surface area contributed by atoms with E-state index in [1.165, 1.54) is 128 Å². The number of hydrogen-bond donors (Lipinski definition) is 1. The molecule has 0 atom stereocenters. The zero-order valence-corrected chi connectivity index (χ0v) is 45.5. The van der Waals surface area contributed by atoms with E-state index in [1.807, 2.05) is 0 Å². The maximum Gasteiger partial charge on any atom is 0.256 e. The van der Waals surface area contributed by atoms with Crippen molar-refractivity contribution in [3.8, 4) is 23.0 Å². The summed E-state index contributed by atoms with van der Waals surface area (Å²) in [6, 6.07) is 62.0. The predicted molar refractivity (Wildman–Crippen MR) is 330 cm³/mol. The van der Waals surface area contributed by atoms with Gasteiger partial charge in [-0.2, -0.15) is 0 Å². The van der Waals surface area contributed by atoms with Crippen LogP contribution >= 0.6 is 0 Å². The molecular weight excluding hydrogens is 949 g/mol. The summed E-state index contributed by atoms with van der Waals surface area (Å²) in [6.07, 6.45) is 0. The molecule has 10 aromatic rings. The second kappa shape index (κ2) is 16.1. The Morgan fingerprint density at radius 1 is 0.308 bits per heavy atom. The molecule has 0 saturated carbocycles. The molecule has 78 heavy (non-hydrogen) atoms. The standard InChI is InChI=1S/C69H55B3N4O2/c1-37-23-42(6)68(43(7)24-37)75-56-36-57-51(34-50(56)71-48-20-14-16-22-61(48)77-63-31-40(4)29-59(75)66(63)71)72-52-33-49-53(35-62(52)78-64-32-41(5)30-60(67(64)72)76(57)69-44(8)25-38(2)26-45(69)9)73-54-27-39(3)28-58-65(54)70(49)47-19-13-15-21-55(47)74(58)46-17-11-10-12-18-46/h10-36,73H,1-9H3. The summed E-state index contributed by atoms with van der Waals surface area (Å²) in [5.74, 6) is 3.62. The molecule has 0 bridgehead atoms. The van der Waals surface area contributed by atoms with Crippen molar-refractivity contribution in [1.29, 1.82) is 0 Å². The van der Waals surface area contributed by atoms with Gasteiger partial charge in [-0.1, -0.05) is 102 Å². The first kappa shape index (κ1) is 45.4. The number of anilines is 11. The number of ether oxygens (including phenoxy) is 2. The lowest BCUT2D eigenvalue weighted by Crippen LogP contribution is -2.65. The molecule has 0 fully saturated rings. The Hall–Kier alpha value is -8.81. The number of nitrogens with one attached hydrogen (secondary N) is 1. The van der Waals surface area contributed by atoms with Crippen LogP contribution in [0, 0.1) is 62.3 Å². The van der Waals surface area contributed by atoms with Gasteiger partial charge in [0.15, 0.2) is 0 Å². The topological polar surface area (TPSA) is 40.2 Å². The number of fused-ring (bicyclic) bond motifs is 12. The third-order valence-electron chi connectivity index (χ3n) is 17.7. The maximum atomic E-state index is 7.41. The van der Waals surface area contributed by atoms with Crippen molar-refractivity contribution in [1.82, 2.24) is 0 Å². The van der Waals surface area contributed by atoms with Crippen LogP contribution in [0.1, 0.15) is 50.1 Å². The van der Waals surface area contributed by atoms with E-state index >= 15 is 0 Å². The third-order valence-corrected chi connectivity index (χ3v) is 17.7. The molecule has 6 heterocycles. The minimum Gasteiger partial charge on any atom is -0.458 e. The van der Waals surface area contributed by atoms with Crippen LogP contribution in [0.2, 0.25) is 0 Å². The van der Waals surface area contributed by atoms with Crippen LogP contribution in [0.3, 0.4) is 0 Å². The molecule has 16 rings (SSSR count). The summed E-state index contributed by atoms with van der Waals surface area (Å²) < 4.78 is 14.4. The van der Waals surface area contributed by atoms with Crippen LogP contribution < -0.4 is 78.7 Å². The van der Waals surface area contributed by atoms with Gasteiger partial charge >= 0.3 is 0 Å². The highest BCUT2D eigenvalue weighted by atomic mass is 16.5. The number of rotatable bonds is 3. The van der Waals surface area contributed by atoms with Gasteiger partial charge in [-0.15, -0.1) is 0 Å². The Balaban J connectivity index is 1.00. The highest BCUT2D eigenvalue weighted by Gasteiger charge is 2.49. The highest BCUT2D eigenvalue weighted by molar-refractivity contribution is 7.04. The lowest BCUT2D eigenvalue weighted by atomic mass is 9.29. The fourth-order valence-corrected chi connectivity index (χ4v) is 15.1. The monoisotopic (exact) mass is 1000 g/mol. The Bertz CT molecular complexity index is 4310. The maximum absolute atomic E-state index is 7.41. The van der Waals surface area contributed by atoms with Gasteiger partial charge in [0.05, 0.1) is 11.4 Å². The molecule has 0 aromatic heterocycles. The first-order chi connectivity index (χ1) is 37.9. The van der Waals surface area contributed by atoms with Gasteiger partial charge in [-0.05, 0) is 217 Å². The molecular formula is C69H55B3N4O2. The smallest absolute Gasteiger partial charge is 0.256 e. The fraction of sp³-hybridized carbons (Fsp3) is 0.130. The number of nitrogens with zero attached hydrogens (tertiary/aromatic N) is 3. The molecule has 0 spiro atoms. The Morgan fingerprint density at radius 3 is 1.40 bits per heavy atom. The van der Waals surface area contributed by atoms with Gasteiger partial charge in [0.25, 0.3) is 20.1 Å². The summed E-state index contributed by atoms with van der Waals surface area (Å²) in [5.41, 5.74) is 35.0. The summed E-state index contributed by atoms with van der Waals surface area (Å²) >= 11 is 0. The van der Waals surface area contributed by atoms with Gasteiger partial charge in [-0.3, -0.25) is 0 Å². The van der Waals surface area contributed by atoms with E-state index < -0.39 is 0 Å². The minimum atomic E-state index is -0.170. The van der Waals surface area contributed by atoms with Gasteiger partial charge in [0.2, 0.25) is 0 Å². The van der Waals surface area contributed by atoms with Gasteiger partial charge in [-0.25, -0.2) is 0 Å². The summed E-state index contributed by atoms with van der Waals surface area (Å²) in [6.45, 7) is 19.9. The molecule has 6 nitrogen and oxygen atoms in total. The number of benzene rings is 10. The van der Waals surface area contributed by atoms with Crippen LogP contribution in [0.25, 0.3) is 0 Å². The number of para-hydroxylation sites is 3. The van der Waals surface area contributed by atoms with Crippen molar-refractivity contribution >= 4 is 132 Å². The van der Waals surface area contributed by atoms with E-state index in [0.717, 1.165) is 56.9 Å². The van der Waals surface area contributed by atoms with E-state index in [2.05, 4.69) is 246 Å². The van der Waals surface area contributed by atoms with Crippen LogP contribution in [-0.4, -0.2) is 20.1 Å². The second-order valence-corrected chi connectivity index (χ2v) is 23.1. The molecule has 10 aromatic carbocycles. The van der Waals surface area contributed by atoms with E-state index in [4.69, 9.17) is 9.47 Å². The highest BCUT2D eigenvalue weighted by Crippen LogP contribution is 2.50. The molecule has 0 saturated heterocycles. The summed E-state index contributed by atoms with van der Waals surface area (Å²) in [4.78, 5) is 7.64. The lowest BCUT2D eigenvalue weighted by Gasteiger charge is -2.45. The third kappa shape index (κ3) is 6.24. The van der Waals surface area contributed by atoms with Crippen molar-refractivity contribution in [2.75, 3.05) is 20.0 Å². The Morgan fingerprint density at radius 2 is 0.782 bits per heavy atom. The molecule has 0 unspecified atom stereocenters. The Labute approximate surface area is 458 Å². The van der Waals surface area contributed by atoms with Crippen LogP contribution in [-0.2, 0) is 0 Å². The zero-order valence-electron chi connectivity index (χ0n) is 45.5. The normalized spacial score (nSPS) is 14.1. The molecule has 0 amide bonds. The SMILES string of the molecule is Cc1cc(C)c(N2c3cc4c(cc3B3c5ccccc5Oc5cc(C)cc2c53)B2c3cc5c(cc3Oc3cc(C)cc(c32)N4c2c(C)cc(C)cc2C)Nc2cc(C)cc3c2B5c2ccccc2N3c2ccccc2)c(C)c1. The van der Waals surface area contributed by atoms with Crippen LogP contribution in [0.4, 0.5) is 62.6 Å². The largest absolute Gasteiger partial charge is 0.458 e. The van der Waals surface area contributed by atoms with Gasteiger partial charge in [0.1, 0.15) is 23.0 Å². The van der Waals surface area contributed by atoms with Crippen LogP contribution in [0.15, 0.2) is 164 Å². The molecule has 1 N–H and O–H groups in total. The van der Waals surface area contributed by atoms with Crippen LogP contribution in [0.5, 0.6) is 23.0 Å². The molecule has 9 heteroatoms. The first-order valence-corrected chi connectivity index (χ1v) is 27.6. The predicted octanol–water partition coefficient (Wildman–Crippen LogP) is 11.6. The molecule has 6 aliphatic rings. The number of hydrogen-bond acceptors (Lipinski definition) is 6. The van der Waals surface area contributed by atoms with E-state index in [0.29, 0.717) is 0 Å². The first-order valence-electron chi connectivity index (χ1n) is 27.6. The average Bonchev–Trinajstić information content (AvgIpc) is 3.43. The quantitative estimate of drug-likeness (QED) is 0.178. The molecule has 6 aliphatic heterocycles. The van der Waals surface area contributed by atoms with E-state index in [9.17, 15) is 0 Å². The minimum absolute atomic E-state index is 0.0280. The van der Waals surface area contributed by atoms with Crippen molar-refractivity contribution in [3.05, 3.63) is 214 Å². The molecule has 0 radical (unpaired) electrons. The molecule has 0 aliphatic carbocycles. The Kier molecular flexibility index (Phi) is 9.38. The number of aryl methyl sites for hydroxylation is 9. The van der Waals surface area contributed by atoms with Crippen molar-refractivity contribution < 1.29 is 9.47 Å². The van der Waals surface area contributed by atoms with Crippen molar-refractivity contribution in [3.63, 3.8) is 0 Å². The van der Waals surface area contributed by atoms with E-state index in [-0.39, 0.29) is 20.1 Å².